The van der Waals surface area contributed by atoms with Crippen molar-refractivity contribution in [3.05, 3.63) is 0 Å². The summed E-state index contributed by atoms with van der Waals surface area (Å²) < 4.78 is 15.8. The number of esters is 1. The molecule has 0 radical (unpaired) electrons. The van der Waals surface area contributed by atoms with Crippen LogP contribution in [-0.4, -0.2) is 31.4 Å². The van der Waals surface area contributed by atoms with Gasteiger partial charge in [0.1, 0.15) is 11.5 Å². The van der Waals surface area contributed by atoms with Gasteiger partial charge in [-0.15, -0.1) is 0 Å². The Morgan fingerprint density at radius 2 is 1.61 bits per heavy atom. The summed E-state index contributed by atoms with van der Waals surface area (Å²) in [5, 5.41) is 0. The van der Waals surface area contributed by atoms with Gasteiger partial charge in [-0.25, -0.2) is 4.79 Å². The van der Waals surface area contributed by atoms with Gasteiger partial charge >= 0.3 is 12.1 Å². The Labute approximate surface area is 141 Å². The first kappa shape index (κ1) is 21.7. The monoisotopic (exact) mass is 330 g/mol. The van der Waals surface area contributed by atoms with Crippen molar-refractivity contribution in [2.75, 3.05) is 13.2 Å². The lowest BCUT2D eigenvalue weighted by Crippen LogP contribution is -2.46. The Morgan fingerprint density at radius 3 is 2.04 bits per heavy atom. The predicted molar refractivity (Wildman–Crippen MR) is 90.2 cm³/mol. The van der Waals surface area contributed by atoms with E-state index >= 15 is 0 Å². The van der Waals surface area contributed by atoms with Gasteiger partial charge in [0.25, 0.3) is 0 Å². The second-order valence-corrected chi connectivity index (χ2v) is 6.26. The number of unbranched alkanes of at least 4 members (excludes halogenated alkanes) is 1. The van der Waals surface area contributed by atoms with Crippen molar-refractivity contribution < 1.29 is 23.8 Å². The van der Waals surface area contributed by atoms with Gasteiger partial charge in [-0.3, -0.25) is 4.79 Å². The molecule has 0 fully saturated rings. The molecule has 5 nitrogen and oxygen atoms in total. The Hall–Kier alpha value is -1.26. The summed E-state index contributed by atoms with van der Waals surface area (Å²) in [5.74, 6) is 0.0101. The predicted octanol–water partition coefficient (Wildman–Crippen LogP) is 4.72. The minimum Gasteiger partial charge on any atom is -0.465 e. The van der Waals surface area contributed by atoms with E-state index in [1.165, 1.54) is 0 Å². The highest BCUT2D eigenvalue weighted by molar-refractivity contribution is 5.78. The Kier molecular flexibility index (Phi) is 10.7. The first-order valence-electron chi connectivity index (χ1n) is 8.88. The zero-order valence-electron chi connectivity index (χ0n) is 15.6. The summed E-state index contributed by atoms with van der Waals surface area (Å²) in [4.78, 5) is 24.6. The van der Waals surface area contributed by atoms with Crippen LogP contribution in [0.4, 0.5) is 4.79 Å². The molecule has 2 atom stereocenters. The minimum atomic E-state index is -0.813. The van der Waals surface area contributed by atoms with Crippen molar-refractivity contribution in [1.82, 2.24) is 0 Å². The minimum absolute atomic E-state index is 0.252. The summed E-state index contributed by atoms with van der Waals surface area (Å²) in [6, 6.07) is 0. The third-order valence-corrected chi connectivity index (χ3v) is 4.02. The molecule has 0 bridgehead atoms. The molecule has 0 aromatic carbocycles. The van der Waals surface area contributed by atoms with Crippen LogP contribution in [0.15, 0.2) is 0 Å². The summed E-state index contributed by atoms with van der Waals surface area (Å²) in [7, 11) is 0. The largest absolute Gasteiger partial charge is 0.508 e. The zero-order valence-corrected chi connectivity index (χ0v) is 15.6. The molecule has 5 heteroatoms. The molecule has 23 heavy (non-hydrogen) atoms. The van der Waals surface area contributed by atoms with Crippen LogP contribution in [0.25, 0.3) is 0 Å². The van der Waals surface area contributed by atoms with Gasteiger partial charge in [-0.1, -0.05) is 40.5 Å². The zero-order chi connectivity index (χ0) is 17.9. The third-order valence-electron chi connectivity index (χ3n) is 4.02. The fourth-order valence-corrected chi connectivity index (χ4v) is 2.97. The highest BCUT2D eigenvalue weighted by atomic mass is 16.7. The van der Waals surface area contributed by atoms with Gasteiger partial charge in [0.05, 0.1) is 13.2 Å². The highest BCUT2D eigenvalue weighted by Crippen LogP contribution is 2.40. The van der Waals surface area contributed by atoms with E-state index in [0.29, 0.717) is 25.9 Å². The van der Waals surface area contributed by atoms with Crippen LogP contribution in [0.5, 0.6) is 0 Å². The molecule has 0 heterocycles. The van der Waals surface area contributed by atoms with Crippen molar-refractivity contribution in [3.8, 4) is 0 Å². The number of ether oxygens (including phenoxy) is 3. The molecule has 0 aromatic heterocycles. The van der Waals surface area contributed by atoms with E-state index in [2.05, 4.69) is 20.8 Å². The average Bonchev–Trinajstić information content (AvgIpc) is 2.49. The Morgan fingerprint density at radius 1 is 1.00 bits per heavy atom. The topological polar surface area (TPSA) is 61.8 Å². The molecule has 0 spiro atoms. The molecule has 0 aliphatic carbocycles. The molecule has 0 saturated carbocycles. The van der Waals surface area contributed by atoms with Gasteiger partial charge in [0, 0.05) is 0 Å². The quantitative estimate of drug-likeness (QED) is 0.513. The van der Waals surface area contributed by atoms with Crippen LogP contribution < -0.4 is 0 Å². The molecule has 0 aliphatic heterocycles. The SMILES string of the molecule is CCCCC(OC(=O)OCC)C(CC)(CC(C)C)C(=O)OCC. The third kappa shape index (κ3) is 6.80. The van der Waals surface area contributed by atoms with Gasteiger partial charge in [-0.05, 0) is 39.0 Å². The number of rotatable bonds is 11. The van der Waals surface area contributed by atoms with Crippen LogP contribution in [0.2, 0.25) is 0 Å². The number of hydrogen-bond acceptors (Lipinski definition) is 5. The standard InChI is InChI=1S/C18H34O5/c1-7-11-12-15(23-17(20)22-10-4)18(8-2,13-14(5)6)16(19)21-9-3/h14-15H,7-13H2,1-6H3. The number of carbonyl (C=O) groups is 2. The molecule has 0 aromatic rings. The van der Waals surface area contributed by atoms with Crippen LogP contribution >= 0.6 is 0 Å². The van der Waals surface area contributed by atoms with Gasteiger partial charge in [-0.2, -0.15) is 0 Å². The van der Waals surface area contributed by atoms with E-state index < -0.39 is 17.7 Å². The smallest absolute Gasteiger partial charge is 0.465 e. The number of hydrogen-bond donors (Lipinski definition) is 0. The molecule has 0 saturated heterocycles. The van der Waals surface area contributed by atoms with E-state index in [1.807, 2.05) is 6.92 Å². The van der Waals surface area contributed by atoms with Crippen LogP contribution in [0.3, 0.4) is 0 Å². The van der Waals surface area contributed by atoms with Crippen LogP contribution in [-0.2, 0) is 19.0 Å². The van der Waals surface area contributed by atoms with Crippen molar-refractivity contribution >= 4 is 12.1 Å². The normalized spacial score (nSPS) is 14.9. The Bertz CT molecular complexity index is 353. The summed E-state index contributed by atoms with van der Waals surface area (Å²) in [6.45, 7) is 12.2. The first-order chi connectivity index (χ1) is 10.9. The second kappa shape index (κ2) is 11.3. The lowest BCUT2D eigenvalue weighted by molar-refractivity contribution is -0.167. The summed E-state index contributed by atoms with van der Waals surface area (Å²) in [5.41, 5.74) is -0.813. The summed E-state index contributed by atoms with van der Waals surface area (Å²) in [6.07, 6.45) is 2.44. The lowest BCUT2D eigenvalue weighted by atomic mass is 9.71. The fourth-order valence-electron chi connectivity index (χ4n) is 2.97. The highest BCUT2D eigenvalue weighted by Gasteiger charge is 2.48. The Balaban J connectivity index is 5.55. The van der Waals surface area contributed by atoms with E-state index in [9.17, 15) is 9.59 Å². The maximum atomic E-state index is 12.7. The molecule has 2 unspecified atom stereocenters. The van der Waals surface area contributed by atoms with Crippen molar-refractivity contribution in [2.45, 2.75) is 79.8 Å². The lowest BCUT2D eigenvalue weighted by Gasteiger charge is -2.38. The van der Waals surface area contributed by atoms with Gasteiger partial charge in [0.15, 0.2) is 0 Å². The van der Waals surface area contributed by atoms with E-state index in [1.54, 1.807) is 13.8 Å². The first-order valence-corrected chi connectivity index (χ1v) is 8.88. The fraction of sp³-hybridized carbons (Fsp3) is 0.889. The van der Waals surface area contributed by atoms with Gasteiger partial charge < -0.3 is 14.2 Å². The number of carbonyl (C=O) groups excluding carboxylic acids is 2. The maximum absolute atomic E-state index is 12.7. The van der Waals surface area contributed by atoms with E-state index in [4.69, 9.17) is 14.2 Å². The van der Waals surface area contributed by atoms with Gasteiger partial charge in [0.2, 0.25) is 0 Å². The summed E-state index contributed by atoms with van der Waals surface area (Å²) >= 11 is 0. The van der Waals surface area contributed by atoms with Crippen molar-refractivity contribution in [1.29, 1.82) is 0 Å². The average molecular weight is 330 g/mol. The van der Waals surface area contributed by atoms with E-state index in [-0.39, 0.29) is 18.5 Å². The van der Waals surface area contributed by atoms with Crippen molar-refractivity contribution in [2.24, 2.45) is 11.3 Å². The second-order valence-electron chi connectivity index (χ2n) is 6.26. The molecule has 0 aliphatic rings. The van der Waals surface area contributed by atoms with Crippen molar-refractivity contribution in [3.63, 3.8) is 0 Å². The van der Waals surface area contributed by atoms with Crippen LogP contribution in [0, 0.1) is 11.3 Å². The molecular weight excluding hydrogens is 296 g/mol. The van der Waals surface area contributed by atoms with Crippen LogP contribution in [0.1, 0.15) is 73.6 Å². The molecular formula is C18H34O5. The molecule has 136 valence electrons. The molecule has 0 rings (SSSR count). The molecule has 0 amide bonds. The molecule has 0 N–H and O–H groups in total. The van der Waals surface area contributed by atoms with E-state index in [0.717, 1.165) is 12.8 Å². The maximum Gasteiger partial charge on any atom is 0.508 e.